The summed E-state index contributed by atoms with van der Waals surface area (Å²) in [5.74, 6) is 0.196. The van der Waals surface area contributed by atoms with Crippen molar-refractivity contribution in [3.05, 3.63) is 0 Å². The van der Waals surface area contributed by atoms with Gasteiger partial charge in [0.2, 0.25) is 10.0 Å². The van der Waals surface area contributed by atoms with Gasteiger partial charge >= 0.3 is 0 Å². The topological polar surface area (TPSA) is 58.6 Å². The number of ether oxygens (including phenoxy) is 1. The van der Waals surface area contributed by atoms with Gasteiger partial charge in [0.15, 0.2) is 0 Å². The molecular formula is C11H26N2O3S. The van der Waals surface area contributed by atoms with Gasteiger partial charge in [0.05, 0.1) is 12.4 Å². The third-order valence-electron chi connectivity index (χ3n) is 2.57. The molecular weight excluding hydrogens is 240 g/mol. The van der Waals surface area contributed by atoms with E-state index in [4.69, 9.17) is 4.74 Å². The van der Waals surface area contributed by atoms with E-state index in [9.17, 15) is 8.42 Å². The second kappa shape index (κ2) is 8.85. The third kappa shape index (κ3) is 6.35. The molecule has 0 saturated heterocycles. The van der Waals surface area contributed by atoms with Crippen molar-refractivity contribution in [2.45, 2.75) is 33.2 Å². The molecule has 0 spiro atoms. The maximum atomic E-state index is 12.1. The summed E-state index contributed by atoms with van der Waals surface area (Å²) in [6.07, 6.45) is 0.645. The molecule has 1 atom stereocenters. The van der Waals surface area contributed by atoms with Crippen molar-refractivity contribution >= 4 is 10.0 Å². The Kier molecular flexibility index (Phi) is 8.77. The lowest BCUT2D eigenvalue weighted by Crippen LogP contribution is -2.42. The molecule has 0 fully saturated rings. The van der Waals surface area contributed by atoms with Crippen LogP contribution in [-0.2, 0) is 14.8 Å². The molecule has 17 heavy (non-hydrogen) atoms. The quantitative estimate of drug-likeness (QED) is 0.591. The molecule has 6 heteroatoms. The molecule has 0 radical (unpaired) electrons. The Balaban J connectivity index is 4.32. The molecule has 0 amide bonds. The van der Waals surface area contributed by atoms with Crippen LogP contribution in [0.1, 0.15) is 27.2 Å². The zero-order valence-electron chi connectivity index (χ0n) is 11.4. The number of rotatable bonds is 10. The summed E-state index contributed by atoms with van der Waals surface area (Å²) in [6.45, 7) is 8.27. The van der Waals surface area contributed by atoms with Crippen molar-refractivity contribution in [2.24, 2.45) is 0 Å². The highest BCUT2D eigenvalue weighted by molar-refractivity contribution is 7.89. The first kappa shape index (κ1) is 16.8. The van der Waals surface area contributed by atoms with Gasteiger partial charge in [-0.15, -0.1) is 0 Å². The summed E-state index contributed by atoms with van der Waals surface area (Å²) >= 11 is 0. The van der Waals surface area contributed by atoms with Gasteiger partial charge in [-0.3, -0.25) is 0 Å². The van der Waals surface area contributed by atoms with Crippen LogP contribution in [0.25, 0.3) is 0 Å². The van der Waals surface area contributed by atoms with Crippen LogP contribution in [-0.4, -0.2) is 57.9 Å². The summed E-state index contributed by atoms with van der Waals surface area (Å²) in [5.41, 5.74) is 0. The van der Waals surface area contributed by atoms with Crippen LogP contribution in [0, 0.1) is 0 Å². The SMILES string of the molecule is CCNCCCS(=O)(=O)N(CC)C(C)COC. The van der Waals surface area contributed by atoms with Crippen LogP contribution in [0.15, 0.2) is 0 Å². The van der Waals surface area contributed by atoms with Gasteiger partial charge in [-0.1, -0.05) is 13.8 Å². The minimum atomic E-state index is -3.16. The number of methoxy groups -OCH3 is 1. The van der Waals surface area contributed by atoms with Crippen LogP contribution in [0.5, 0.6) is 0 Å². The van der Waals surface area contributed by atoms with Crippen LogP contribution in [0.4, 0.5) is 0 Å². The molecule has 0 rings (SSSR count). The number of sulfonamides is 1. The molecule has 0 aliphatic carbocycles. The molecule has 0 heterocycles. The molecule has 104 valence electrons. The van der Waals surface area contributed by atoms with Crippen LogP contribution in [0.3, 0.4) is 0 Å². The second-order valence-corrected chi connectivity index (χ2v) is 6.07. The highest BCUT2D eigenvalue weighted by atomic mass is 32.2. The summed E-state index contributed by atoms with van der Waals surface area (Å²) in [5, 5.41) is 3.12. The largest absolute Gasteiger partial charge is 0.383 e. The normalized spacial score (nSPS) is 14.2. The van der Waals surface area contributed by atoms with E-state index in [-0.39, 0.29) is 11.8 Å². The Morgan fingerprint density at radius 1 is 1.35 bits per heavy atom. The Morgan fingerprint density at radius 3 is 2.47 bits per heavy atom. The fourth-order valence-electron chi connectivity index (χ4n) is 1.78. The molecule has 0 saturated carbocycles. The highest BCUT2D eigenvalue weighted by Gasteiger charge is 2.24. The molecule has 0 aliphatic rings. The molecule has 5 nitrogen and oxygen atoms in total. The maximum absolute atomic E-state index is 12.1. The van der Waals surface area contributed by atoms with E-state index in [1.54, 1.807) is 7.11 Å². The van der Waals surface area contributed by atoms with E-state index in [1.807, 2.05) is 20.8 Å². The second-order valence-electron chi connectivity index (χ2n) is 4.03. The average molecular weight is 266 g/mol. The van der Waals surface area contributed by atoms with Crippen molar-refractivity contribution < 1.29 is 13.2 Å². The van der Waals surface area contributed by atoms with E-state index in [1.165, 1.54) is 4.31 Å². The fourth-order valence-corrected chi connectivity index (χ4v) is 3.53. The monoisotopic (exact) mass is 266 g/mol. The zero-order valence-corrected chi connectivity index (χ0v) is 12.2. The molecule has 0 aromatic heterocycles. The fraction of sp³-hybridized carbons (Fsp3) is 1.00. The summed E-state index contributed by atoms with van der Waals surface area (Å²) in [7, 11) is -1.58. The lowest BCUT2D eigenvalue weighted by atomic mass is 10.4. The van der Waals surface area contributed by atoms with Gasteiger partial charge in [0.1, 0.15) is 0 Å². The average Bonchev–Trinajstić information content (AvgIpc) is 2.25. The molecule has 1 unspecified atom stereocenters. The van der Waals surface area contributed by atoms with Crippen LogP contribution < -0.4 is 5.32 Å². The van der Waals surface area contributed by atoms with Gasteiger partial charge in [-0.25, -0.2) is 8.42 Å². The Labute approximate surface area is 106 Å². The van der Waals surface area contributed by atoms with Crippen molar-refractivity contribution in [1.82, 2.24) is 9.62 Å². The van der Waals surface area contributed by atoms with Gasteiger partial charge < -0.3 is 10.1 Å². The summed E-state index contributed by atoms with van der Waals surface area (Å²) < 4.78 is 30.7. The minimum absolute atomic E-state index is 0.103. The van der Waals surface area contributed by atoms with Crippen molar-refractivity contribution in [2.75, 3.05) is 39.1 Å². The standard InChI is InChI=1S/C11H26N2O3S/c1-5-12-8-7-9-17(14,15)13(6-2)11(3)10-16-4/h11-12H,5-10H2,1-4H3. The number of likely N-dealkylation sites (N-methyl/N-ethyl adjacent to an activating group) is 1. The Bertz CT molecular complexity index is 280. The Hall–Kier alpha value is -0.170. The van der Waals surface area contributed by atoms with Crippen LogP contribution in [0.2, 0.25) is 0 Å². The van der Waals surface area contributed by atoms with E-state index in [0.717, 1.165) is 13.1 Å². The lowest BCUT2D eigenvalue weighted by molar-refractivity contribution is 0.142. The van der Waals surface area contributed by atoms with E-state index in [2.05, 4.69) is 5.32 Å². The van der Waals surface area contributed by atoms with Gasteiger partial charge in [-0.2, -0.15) is 4.31 Å². The van der Waals surface area contributed by atoms with Crippen molar-refractivity contribution in [3.63, 3.8) is 0 Å². The van der Waals surface area contributed by atoms with Crippen molar-refractivity contribution in [1.29, 1.82) is 0 Å². The number of hydrogen-bond donors (Lipinski definition) is 1. The van der Waals surface area contributed by atoms with Crippen LogP contribution >= 0.6 is 0 Å². The lowest BCUT2D eigenvalue weighted by Gasteiger charge is -2.26. The molecule has 0 bridgehead atoms. The van der Waals surface area contributed by atoms with Gasteiger partial charge in [0, 0.05) is 19.7 Å². The van der Waals surface area contributed by atoms with E-state index in [0.29, 0.717) is 19.6 Å². The maximum Gasteiger partial charge on any atom is 0.214 e. The van der Waals surface area contributed by atoms with Gasteiger partial charge in [0.25, 0.3) is 0 Å². The van der Waals surface area contributed by atoms with Gasteiger partial charge in [-0.05, 0) is 26.4 Å². The first-order valence-electron chi connectivity index (χ1n) is 6.18. The first-order chi connectivity index (χ1) is 7.99. The predicted molar refractivity (Wildman–Crippen MR) is 70.7 cm³/mol. The summed E-state index contributed by atoms with van der Waals surface area (Å²) in [6, 6.07) is -0.103. The smallest absolute Gasteiger partial charge is 0.214 e. The third-order valence-corrected chi connectivity index (χ3v) is 4.71. The highest BCUT2D eigenvalue weighted by Crippen LogP contribution is 2.09. The molecule has 0 aromatic carbocycles. The predicted octanol–water partition coefficient (Wildman–Crippen LogP) is 0.673. The number of hydrogen-bond acceptors (Lipinski definition) is 4. The van der Waals surface area contributed by atoms with Crippen molar-refractivity contribution in [3.8, 4) is 0 Å². The van der Waals surface area contributed by atoms with E-state index >= 15 is 0 Å². The van der Waals surface area contributed by atoms with E-state index < -0.39 is 10.0 Å². The molecule has 0 aliphatic heterocycles. The summed E-state index contributed by atoms with van der Waals surface area (Å²) in [4.78, 5) is 0. The number of nitrogens with one attached hydrogen (secondary N) is 1. The number of nitrogens with zero attached hydrogens (tertiary/aromatic N) is 1. The Morgan fingerprint density at radius 2 is 2.00 bits per heavy atom. The minimum Gasteiger partial charge on any atom is -0.383 e. The zero-order chi connectivity index (χ0) is 13.3. The first-order valence-corrected chi connectivity index (χ1v) is 7.79. The molecule has 1 N–H and O–H groups in total. The molecule has 0 aromatic rings.